The van der Waals surface area contributed by atoms with Crippen LogP contribution < -0.4 is 5.32 Å². The van der Waals surface area contributed by atoms with Crippen LogP contribution in [0.25, 0.3) is 0 Å². The van der Waals surface area contributed by atoms with Crippen molar-refractivity contribution in [2.75, 3.05) is 5.32 Å². The standard InChI is InChI=1S/C15H12F3NO/c1-10(20)11-2-6-13(7-3-11)19-14-8-4-12(5-9-14)15(16,17)18/h2-9,19H,1H3. The van der Waals surface area contributed by atoms with Gasteiger partial charge in [-0.1, -0.05) is 0 Å². The van der Waals surface area contributed by atoms with E-state index in [0.29, 0.717) is 16.9 Å². The summed E-state index contributed by atoms with van der Waals surface area (Å²) >= 11 is 0. The SMILES string of the molecule is CC(=O)c1ccc(Nc2ccc(C(F)(F)F)cc2)cc1. The summed E-state index contributed by atoms with van der Waals surface area (Å²) in [6.07, 6.45) is -4.33. The summed E-state index contributed by atoms with van der Waals surface area (Å²) in [5.74, 6) is -0.0360. The lowest BCUT2D eigenvalue weighted by atomic mass is 10.1. The zero-order valence-corrected chi connectivity index (χ0v) is 10.7. The summed E-state index contributed by atoms with van der Waals surface area (Å²) in [6, 6.07) is 11.5. The number of Topliss-reactive ketones (excluding diaryl/α,β-unsaturated/α-hetero) is 1. The first kappa shape index (κ1) is 14.1. The molecule has 0 bridgehead atoms. The molecule has 0 aliphatic heterocycles. The van der Waals surface area contributed by atoms with E-state index in [1.54, 1.807) is 24.3 Å². The maximum atomic E-state index is 12.4. The van der Waals surface area contributed by atoms with Gasteiger partial charge < -0.3 is 5.32 Å². The Bertz CT molecular complexity index is 601. The minimum Gasteiger partial charge on any atom is -0.356 e. The van der Waals surface area contributed by atoms with Crippen LogP contribution in [-0.2, 0) is 6.18 Å². The van der Waals surface area contributed by atoms with Crippen molar-refractivity contribution >= 4 is 17.2 Å². The average Bonchev–Trinajstić information content (AvgIpc) is 2.39. The smallest absolute Gasteiger partial charge is 0.356 e. The van der Waals surface area contributed by atoms with Gasteiger partial charge >= 0.3 is 6.18 Å². The van der Waals surface area contributed by atoms with Gasteiger partial charge in [0, 0.05) is 16.9 Å². The molecule has 20 heavy (non-hydrogen) atoms. The Morgan fingerprint density at radius 1 is 0.900 bits per heavy atom. The largest absolute Gasteiger partial charge is 0.416 e. The number of benzene rings is 2. The molecule has 0 aliphatic carbocycles. The topological polar surface area (TPSA) is 29.1 Å². The monoisotopic (exact) mass is 279 g/mol. The van der Waals surface area contributed by atoms with E-state index in [0.717, 1.165) is 12.1 Å². The molecule has 1 N–H and O–H groups in total. The number of rotatable bonds is 3. The van der Waals surface area contributed by atoms with Gasteiger partial charge in [-0.15, -0.1) is 0 Å². The molecular formula is C15H12F3NO. The van der Waals surface area contributed by atoms with Crippen molar-refractivity contribution in [3.63, 3.8) is 0 Å². The number of carbonyl (C=O) groups excluding carboxylic acids is 1. The second-order valence-electron chi connectivity index (χ2n) is 4.33. The highest BCUT2D eigenvalue weighted by Crippen LogP contribution is 2.30. The van der Waals surface area contributed by atoms with E-state index in [1.165, 1.54) is 19.1 Å². The molecule has 0 amide bonds. The molecule has 0 spiro atoms. The predicted octanol–water partition coefficient (Wildman–Crippen LogP) is 4.65. The van der Waals surface area contributed by atoms with E-state index in [4.69, 9.17) is 0 Å². The van der Waals surface area contributed by atoms with Crippen molar-refractivity contribution < 1.29 is 18.0 Å². The van der Waals surface area contributed by atoms with Crippen LogP contribution in [0.1, 0.15) is 22.8 Å². The Kier molecular flexibility index (Phi) is 3.79. The maximum absolute atomic E-state index is 12.4. The summed E-state index contributed by atoms with van der Waals surface area (Å²) in [6.45, 7) is 1.47. The van der Waals surface area contributed by atoms with Crippen LogP contribution in [0.5, 0.6) is 0 Å². The number of ketones is 1. The fraction of sp³-hybridized carbons (Fsp3) is 0.133. The number of alkyl halides is 3. The highest BCUT2D eigenvalue weighted by atomic mass is 19.4. The summed E-state index contributed by atoms with van der Waals surface area (Å²) in [5.41, 5.74) is 1.15. The van der Waals surface area contributed by atoms with Gasteiger partial charge in [-0.3, -0.25) is 4.79 Å². The highest BCUT2D eigenvalue weighted by molar-refractivity contribution is 5.94. The minimum atomic E-state index is -4.33. The van der Waals surface area contributed by atoms with E-state index < -0.39 is 11.7 Å². The molecular weight excluding hydrogens is 267 g/mol. The average molecular weight is 279 g/mol. The molecule has 2 nitrogen and oxygen atoms in total. The molecule has 0 heterocycles. The molecule has 0 fully saturated rings. The van der Waals surface area contributed by atoms with Gasteiger partial charge in [0.1, 0.15) is 0 Å². The summed E-state index contributed by atoms with van der Waals surface area (Å²) in [5, 5.41) is 2.97. The van der Waals surface area contributed by atoms with Crippen LogP contribution in [0.3, 0.4) is 0 Å². The lowest BCUT2D eigenvalue weighted by Gasteiger charge is -2.09. The molecule has 0 atom stereocenters. The Labute approximate surface area is 114 Å². The number of halogens is 3. The number of hydrogen-bond acceptors (Lipinski definition) is 2. The van der Waals surface area contributed by atoms with Gasteiger partial charge in [0.2, 0.25) is 0 Å². The summed E-state index contributed by atoms with van der Waals surface area (Å²) in [4.78, 5) is 11.1. The minimum absolute atomic E-state index is 0.0360. The summed E-state index contributed by atoms with van der Waals surface area (Å²) in [7, 11) is 0. The second-order valence-corrected chi connectivity index (χ2v) is 4.33. The Balaban J connectivity index is 2.12. The Morgan fingerprint density at radius 2 is 1.35 bits per heavy atom. The van der Waals surface area contributed by atoms with Crippen molar-refractivity contribution in [2.45, 2.75) is 13.1 Å². The van der Waals surface area contributed by atoms with Crippen LogP contribution in [-0.4, -0.2) is 5.78 Å². The van der Waals surface area contributed by atoms with Gasteiger partial charge in [0.05, 0.1) is 5.56 Å². The van der Waals surface area contributed by atoms with E-state index in [9.17, 15) is 18.0 Å². The van der Waals surface area contributed by atoms with Crippen molar-refractivity contribution in [3.8, 4) is 0 Å². The van der Waals surface area contributed by atoms with Gasteiger partial charge in [0.15, 0.2) is 5.78 Å². The van der Waals surface area contributed by atoms with Crippen molar-refractivity contribution in [1.82, 2.24) is 0 Å². The third-order valence-corrected chi connectivity index (χ3v) is 2.79. The van der Waals surface area contributed by atoms with Crippen LogP contribution in [0.15, 0.2) is 48.5 Å². The molecule has 0 radical (unpaired) electrons. The number of hydrogen-bond donors (Lipinski definition) is 1. The fourth-order valence-corrected chi connectivity index (χ4v) is 1.70. The first-order valence-electron chi connectivity index (χ1n) is 5.91. The third kappa shape index (κ3) is 3.38. The molecule has 5 heteroatoms. The van der Waals surface area contributed by atoms with Crippen LogP contribution in [0.2, 0.25) is 0 Å². The summed E-state index contributed by atoms with van der Waals surface area (Å²) < 4.78 is 37.2. The third-order valence-electron chi connectivity index (χ3n) is 2.79. The van der Waals surface area contributed by atoms with Gasteiger partial charge in [0.25, 0.3) is 0 Å². The van der Waals surface area contributed by atoms with Crippen molar-refractivity contribution in [1.29, 1.82) is 0 Å². The first-order valence-corrected chi connectivity index (χ1v) is 5.91. The van der Waals surface area contributed by atoms with Crippen LogP contribution in [0, 0.1) is 0 Å². The van der Waals surface area contributed by atoms with Crippen molar-refractivity contribution in [3.05, 3.63) is 59.7 Å². The van der Waals surface area contributed by atoms with E-state index in [2.05, 4.69) is 5.32 Å². The predicted molar refractivity (Wildman–Crippen MR) is 71.2 cm³/mol. The van der Waals surface area contributed by atoms with Gasteiger partial charge in [-0.2, -0.15) is 13.2 Å². The molecule has 0 unspecified atom stereocenters. The first-order chi connectivity index (χ1) is 9.36. The number of nitrogens with one attached hydrogen (secondary N) is 1. The fourth-order valence-electron chi connectivity index (χ4n) is 1.70. The zero-order valence-electron chi connectivity index (χ0n) is 10.7. The van der Waals surface area contributed by atoms with Crippen LogP contribution >= 0.6 is 0 Å². The molecule has 2 aromatic rings. The molecule has 0 saturated heterocycles. The quantitative estimate of drug-likeness (QED) is 0.828. The number of carbonyl (C=O) groups is 1. The lowest BCUT2D eigenvalue weighted by molar-refractivity contribution is -0.137. The molecule has 0 saturated carbocycles. The van der Waals surface area contributed by atoms with Crippen molar-refractivity contribution in [2.24, 2.45) is 0 Å². The molecule has 104 valence electrons. The van der Waals surface area contributed by atoms with E-state index >= 15 is 0 Å². The normalized spacial score (nSPS) is 11.2. The lowest BCUT2D eigenvalue weighted by Crippen LogP contribution is -2.04. The maximum Gasteiger partial charge on any atom is 0.416 e. The van der Waals surface area contributed by atoms with E-state index in [-0.39, 0.29) is 5.78 Å². The zero-order chi connectivity index (χ0) is 14.8. The van der Waals surface area contributed by atoms with E-state index in [1.807, 2.05) is 0 Å². The second kappa shape index (κ2) is 5.36. The molecule has 2 rings (SSSR count). The van der Waals surface area contributed by atoms with Gasteiger partial charge in [-0.25, -0.2) is 0 Å². The highest BCUT2D eigenvalue weighted by Gasteiger charge is 2.29. The van der Waals surface area contributed by atoms with Gasteiger partial charge in [-0.05, 0) is 55.5 Å². The van der Waals surface area contributed by atoms with Crippen LogP contribution in [0.4, 0.5) is 24.5 Å². The molecule has 0 aliphatic rings. The molecule has 2 aromatic carbocycles. The number of anilines is 2. The Morgan fingerprint density at radius 3 is 1.75 bits per heavy atom. The Hall–Kier alpha value is -2.30. The molecule has 0 aromatic heterocycles.